The Kier molecular flexibility index (Phi) is 5.72. The molecule has 0 amide bonds. The van der Waals surface area contributed by atoms with Crippen LogP contribution in [0.2, 0.25) is 0 Å². The summed E-state index contributed by atoms with van der Waals surface area (Å²) in [5, 5.41) is 12.5. The maximum atomic E-state index is 11.0. The van der Waals surface area contributed by atoms with Crippen LogP contribution in [0.1, 0.15) is 17.3 Å². The normalized spacial score (nSPS) is 8.53. The summed E-state index contributed by atoms with van der Waals surface area (Å²) < 4.78 is 0. The van der Waals surface area contributed by atoms with Gasteiger partial charge in [0.2, 0.25) is 0 Å². The molecule has 1 aromatic carbocycles. The predicted molar refractivity (Wildman–Crippen MR) is 59.1 cm³/mol. The van der Waals surface area contributed by atoms with Gasteiger partial charge >= 0.3 is 5.09 Å². The summed E-state index contributed by atoms with van der Waals surface area (Å²) in [5.41, 5.74) is 11.6. The predicted octanol–water partition coefficient (Wildman–Crippen LogP) is 0.338. The van der Waals surface area contributed by atoms with Gasteiger partial charge in [-0.3, -0.25) is 4.79 Å². The van der Waals surface area contributed by atoms with Gasteiger partial charge in [0.15, 0.2) is 11.7 Å². The van der Waals surface area contributed by atoms with Crippen molar-refractivity contribution < 1.29 is 20.3 Å². The summed E-state index contributed by atoms with van der Waals surface area (Å²) in [6.07, 6.45) is 0. The summed E-state index contributed by atoms with van der Waals surface area (Å²) in [5.74, 6) is -0.0201. The first kappa shape index (κ1) is 14.4. The molecule has 1 aromatic rings. The van der Waals surface area contributed by atoms with Gasteiger partial charge in [0, 0.05) is 5.56 Å². The second kappa shape index (κ2) is 6.77. The molecule has 0 saturated carbocycles. The van der Waals surface area contributed by atoms with Crippen LogP contribution in [0.4, 0.5) is 5.69 Å². The topological polar surface area (TPSA) is 142 Å². The Bertz CT molecular complexity index is 436. The van der Waals surface area contributed by atoms with Crippen molar-refractivity contribution in [3.8, 4) is 0 Å². The van der Waals surface area contributed by atoms with Crippen molar-refractivity contribution in [2.75, 3.05) is 0 Å². The van der Waals surface area contributed by atoms with Crippen LogP contribution in [0.25, 0.3) is 0 Å². The Morgan fingerprint density at radius 3 is 2.29 bits per heavy atom. The summed E-state index contributed by atoms with van der Waals surface area (Å²) >= 11 is 0. The van der Waals surface area contributed by atoms with Crippen molar-refractivity contribution in [1.29, 1.82) is 0 Å². The molecule has 0 aromatic heterocycles. The van der Waals surface area contributed by atoms with Crippen LogP contribution < -0.4 is 11.5 Å². The number of ketones is 1. The van der Waals surface area contributed by atoms with E-state index in [1.54, 1.807) is 24.3 Å². The molecule has 0 aliphatic heterocycles. The van der Waals surface area contributed by atoms with Crippen LogP contribution in [0, 0.1) is 4.91 Å². The molecule has 0 fully saturated rings. The minimum absolute atomic E-state index is 0.00681. The third-order valence-corrected chi connectivity index (χ3v) is 1.51. The standard InChI is InChI=1S/C9H11N3O.H2NO3/c1-6(13)7-3-2-4-8(5-7)12-9(10)11;2-1(3)4/h2-5H,1H3,(H4,10,11,12);(H2,2,3,4)/q;+1. The second-order valence-corrected chi connectivity index (χ2v) is 2.90. The molecule has 6 N–H and O–H groups in total. The van der Waals surface area contributed by atoms with Crippen LogP contribution in [0.5, 0.6) is 0 Å². The molecule has 0 aliphatic rings. The van der Waals surface area contributed by atoms with Crippen molar-refractivity contribution >= 4 is 17.4 Å². The second-order valence-electron chi connectivity index (χ2n) is 2.90. The number of aliphatic imine (C=N–C) groups is 1. The van der Waals surface area contributed by atoms with E-state index >= 15 is 0 Å². The lowest BCUT2D eigenvalue weighted by Crippen LogP contribution is -2.21. The first-order valence-electron chi connectivity index (χ1n) is 4.38. The number of Topliss-reactive ketones (excluding diaryl/α,β-unsaturated/α-hetero) is 1. The zero-order chi connectivity index (χ0) is 13.4. The maximum absolute atomic E-state index is 11.0. The van der Waals surface area contributed by atoms with Crippen LogP contribution >= 0.6 is 0 Å². The molecule has 8 nitrogen and oxygen atoms in total. The quantitative estimate of drug-likeness (QED) is 0.254. The summed E-state index contributed by atoms with van der Waals surface area (Å²) in [6.45, 7) is 1.49. The van der Waals surface area contributed by atoms with Crippen LogP contribution in [0.3, 0.4) is 0 Å². The van der Waals surface area contributed by atoms with Gasteiger partial charge in [-0.05, 0) is 19.1 Å². The van der Waals surface area contributed by atoms with Crippen LogP contribution in [0.15, 0.2) is 29.3 Å². The summed E-state index contributed by atoms with van der Waals surface area (Å²) in [4.78, 5) is 23.3. The highest BCUT2D eigenvalue weighted by Crippen LogP contribution is 2.13. The Balaban J connectivity index is 0.000000557. The molecule has 17 heavy (non-hydrogen) atoms. The number of rotatable bonds is 2. The van der Waals surface area contributed by atoms with Gasteiger partial charge in [0.25, 0.3) is 0 Å². The Labute approximate surface area is 96.7 Å². The molecule has 0 saturated heterocycles. The van der Waals surface area contributed by atoms with E-state index in [0.29, 0.717) is 11.3 Å². The lowest BCUT2D eigenvalue weighted by atomic mass is 10.1. The smallest absolute Gasteiger partial charge is 0.370 e. The molecule has 0 unspecified atom stereocenters. The third-order valence-electron chi connectivity index (χ3n) is 1.51. The third kappa shape index (κ3) is 7.31. The number of nitrogens with zero attached hydrogens (tertiary/aromatic N) is 2. The van der Waals surface area contributed by atoms with Gasteiger partial charge in [-0.2, -0.15) is 0 Å². The molecular formula is C9H13N4O4+. The first-order valence-corrected chi connectivity index (χ1v) is 4.38. The molecular weight excluding hydrogens is 228 g/mol. The van der Waals surface area contributed by atoms with Gasteiger partial charge in [-0.1, -0.05) is 12.1 Å². The lowest BCUT2D eigenvalue weighted by molar-refractivity contribution is -0.969. The highest BCUT2D eigenvalue weighted by Gasteiger charge is 1.98. The number of carbonyl (C=O) groups is 1. The van der Waals surface area contributed by atoms with Crippen molar-refractivity contribution in [2.24, 2.45) is 16.5 Å². The molecule has 1 rings (SSSR count). The first-order chi connectivity index (χ1) is 7.82. The largest absolute Gasteiger partial charge is 0.472 e. The fraction of sp³-hybridized carbons (Fsp3) is 0.111. The maximum Gasteiger partial charge on any atom is 0.472 e. The number of hydrogen-bond acceptors (Lipinski definition) is 3. The van der Waals surface area contributed by atoms with Gasteiger partial charge < -0.3 is 11.5 Å². The molecule has 0 bridgehead atoms. The molecule has 0 spiro atoms. The Morgan fingerprint density at radius 2 is 1.88 bits per heavy atom. The van der Waals surface area contributed by atoms with Gasteiger partial charge in [0.05, 0.1) is 5.69 Å². The average Bonchev–Trinajstić information content (AvgIpc) is 2.16. The molecule has 0 radical (unpaired) electrons. The van der Waals surface area contributed by atoms with Gasteiger partial charge in [-0.15, -0.1) is 0 Å². The highest BCUT2D eigenvalue weighted by molar-refractivity contribution is 5.95. The monoisotopic (exact) mass is 241 g/mol. The highest BCUT2D eigenvalue weighted by atomic mass is 16.9. The lowest BCUT2D eigenvalue weighted by Gasteiger charge is -1.97. The number of carbonyl (C=O) groups excluding carboxylic acids is 1. The Morgan fingerprint density at radius 1 is 1.35 bits per heavy atom. The molecule has 0 heterocycles. The minimum atomic E-state index is -1.25. The molecule has 92 valence electrons. The zero-order valence-corrected chi connectivity index (χ0v) is 9.07. The van der Waals surface area contributed by atoms with E-state index in [-0.39, 0.29) is 11.7 Å². The minimum Gasteiger partial charge on any atom is -0.370 e. The van der Waals surface area contributed by atoms with Crippen LogP contribution in [-0.4, -0.2) is 27.2 Å². The summed E-state index contributed by atoms with van der Waals surface area (Å²) in [6, 6.07) is 6.82. The number of hydrogen-bond donors (Lipinski definition) is 4. The van der Waals surface area contributed by atoms with E-state index < -0.39 is 5.09 Å². The van der Waals surface area contributed by atoms with Crippen molar-refractivity contribution in [3.05, 3.63) is 34.7 Å². The van der Waals surface area contributed by atoms with E-state index in [2.05, 4.69) is 4.99 Å². The van der Waals surface area contributed by atoms with Crippen molar-refractivity contribution in [2.45, 2.75) is 6.92 Å². The van der Waals surface area contributed by atoms with Crippen molar-refractivity contribution in [1.82, 2.24) is 0 Å². The fourth-order valence-electron chi connectivity index (χ4n) is 0.944. The van der Waals surface area contributed by atoms with E-state index in [0.717, 1.165) is 0 Å². The summed E-state index contributed by atoms with van der Waals surface area (Å²) in [7, 11) is 0. The number of nitrogens with two attached hydrogens (primary N) is 2. The van der Waals surface area contributed by atoms with Gasteiger partial charge in [0.1, 0.15) is 4.91 Å². The number of guanidine groups is 1. The molecule has 0 atom stereocenters. The van der Waals surface area contributed by atoms with Crippen LogP contribution in [-0.2, 0) is 0 Å². The SMILES string of the molecule is CC(=O)c1cccc(N=C(N)N)c1.O=[N+](O)O. The molecule has 8 heteroatoms. The Hall–Kier alpha value is -2.64. The zero-order valence-electron chi connectivity index (χ0n) is 9.07. The van der Waals surface area contributed by atoms with E-state index in [1.165, 1.54) is 6.92 Å². The fourth-order valence-corrected chi connectivity index (χ4v) is 0.944. The van der Waals surface area contributed by atoms with Gasteiger partial charge in [-0.25, -0.2) is 15.4 Å². The molecule has 0 aliphatic carbocycles. The van der Waals surface area contributed by atoms with E-state index in [4.69, 9.17) is 26.8 Å². The van der Waals surface area contributed by atoms with E-state index in [9.17, 15) is 4.79 Å². The average molecular weight is 241 g/mol. The van der Waals surface area contributed by atoms with E-state index in [1.807, 2.05) is 0 Å². The number of benzene rings is 1. The van der Waals surface area contributed by atoms with Crippen molar-refractivity contribution in [3.63, 3.8) is 0 Å².